The van der Waals surface area contributed by atoms with Gasteiger partial charge in [-0.05, 0) is 25.0 Å². The number of rotatable bonds is 2. The SMILES string of the molecule is O=C(O)[C@@H]1CCCN1C(=O)c1cn2ccccc2n1. The molecular weight excluding hydrogens is 246 g/mol. The fourth-order valence-corrected chi connectivity index (χ4v) is 2.45. The molecule has 1 fully saturated rings. The zero-order valence-corrected chi connectivity index (χ0v) is 10.2. The summed E-state index contributed by atoms with van der Waals surface area (Å²) >= 11 is 0. The summed E-state index contributed by atoms with van der Waals surface area (Å²) in [5, 5.41) is 9.10. The number of hydrogen-bond donors (Lipinski definition) is 1. The van der Waals surface area contributed by atoms with E-state index < -0.39 is 12.0 Å². The van der Waals surface area contributed by atoms with Gasteiger partial charge in [0.2, 0.25) is 0 Å². The molecular formula is C13H13N3O3. The molecule has 0 bridgehead atoms. The lowest BCUT2D eigenvalue weighted by Crippen LogP contribution is -2.40. The normalized spacial score (nSPS) is 18.9. The molecule has 2 aromatic heterocycles. The van der Waals surface area contributed by atoms with Crippen LogP contribution in [0, 0.1) is 0 Å². The average molecular weight is 259 g/mol. The summed E-state index contributed by atoms with van der Waals surface area (Å²) in [5.74, 6) is -1.26. The Morgan fingerprint density at radius 2 is 2.21 bits per heavy atom. The highest BCUT2D eigenvalue weighted by Crippen LogP contribution is 2.20. The number of carboxylic acids is 1. The van der Waals surface area contributed by atoms with Crippen molar-refractivity contribution >= 4 is 17.5 Å². The highest BCUT2D eigenvalue weighted by atomic mass is 16.4. The highest BCUT2D eigenvalue weighted by Gasteiger charge is 2.35. The number of fused-ring (bicyclic) bond motifs is 1. The van der Waals surface area contributed by atoms with E-state index in [0.717, 1.165) is 6.42 Å². The van der Waals surface area contributed by atoms with Crippen molar-refractivity contribution in [2.75, 3.05) is 6.54 Å². The lowest BCUT2D eigenvalue weighted by Gasteiger charge is -2.19. The number of aliphatic carboxylic acids is 1. The van der Waals surface area contributed by atoms with Crippen LogP contribution in [-0.4, -0.2) is 43.9 Å². The van der Waals surface area contributed by atoms with Crippen LogP contribution in [0.25, 0.3) is 5.65 Å². The molecule has 1 saturated heterocycles. The summed E-state index contributed by atoms with van der Waals surface area (Å²) in [6.07, 6.45) is 4.66. The number of carboxylic acid groups (broad SMARTS) is 1. The van der Waals surface area contributed by atoms with E-state index in [1.54, 1.807) is 22.9 Å². The lowest BCUT2D eigenvalue weighted by atomic mass is 10.2. The summed E-state index contributed by atoms with van der Waals surface area (Å²) in [6.45, 7) is 0.476. The van der Waals surface area contributed by atoms with Crippen molar-refractivity contribution in [1.29, 1.82) is 0 Å². The van der Waals surface area contributed by atoms with E-state index in [2.05, 4.69) is 4.98 Å². The first kappa shape index (κ1) is 11.7. The van der Waals surface area contributed by atoms with Crippen molar-refractivity contribution in [3.63, 3.8) is 0 Å². The second kappa shape index (κ2) is 4.38. The van der Waals surface area contributed by atoms with E-state index in [9.17, 15) is 9.59 Å². The van der Waals surface area contributed by atoms with E-state index in [1.165, 1.54) is 4.90 Å². The number of aromatic nitrogens is 2. The number of carbonyl (C=O) groups excluding carboxylic acids is 1. The molecule has 0 unspecified atom stereocenters. The molecule has 1 atom stereocenters. The molecule has 0 radical (unpaired) electrons. The number of pyridine rings is 1. The van der Waals surface area contributed by atoms with Crippen molar-refractivity contribution in [3.05, 3.63) is 36.3 Å². The molecule has 1 N–H and O–H groups in total. The molecule has 19 heavy (non-hydrogen) atoms. The Labute approximate surface area is 109 Å². The first-order valence-corrected chi connectivity index (χ1v) is 6.14. The molecule has 1 aliphatic rings. The van der Waals surface area contributed by atoms with Gasteiger partial charge in [0.05, 0.1) is 0 Å². The number of amides is 1. The molecule has 0 aliphatic carbocycles. The number of hydrogen-bond acceptors (Lipinski definition) is 3. The standard InChI is InChI=1S/C13H13N3O3/c17-12(16-7-3-4-10(16)13(18)19)9-8-15-6-2-1-5-11(15)14-9/h1-2,5-6,8,10H,3-4,7H2,(H,18,19)/t10-/m0/s1. The Balaban J connectivity index is 1.93. The van der Waals surface area contributed by atoms with Gasteiger partial charge in [-0.25, -0.2) is 9.78 Å². The quantitative estimate of drug-likeness (QED) is 0.873. The van der Waals surface area contributed by atoms with Crippen LogP contribution in [0.2, 0.25) is 0 Å². The molecule has 3 rings (SSSR count). The van der Waals surface area contributed by atoms with Gasteiger partial charge < -0.3 is 14.4 Å². The van der Waals surface area contributed by atoms with Crippen LogP contribution < -0.4 is 0 Å². The second-order valence-corrected chi connectivity index (χ2v) is 4.59. The Hall–Kier alpha value is -2.37. The van der Waals surface area contributed by atoms with Crippen molar-refractivity contribution in [2.45, 2.75) is 18.9 Å². The maximum absolute atomic E-state index is 12.3. The molecule has 2 aromatic rings. The van der Waals surface area contributed by atoms with Gasteiger partial charge in [0.25, 0.3) is 5.91 Å². The Morgan fingerprint density at radius 3 is 2.95 bits per heavy atom. The largest absolute Gasteiger partial charge is 0.480 e. The first-order chi connectivity index (χ1) is 9.16. The van der Waals surface area contributed by atoms with Crippen LogP contribution >= 0.6 is 0 Å². The molecule has 3 heterocycles. The van der Waals surface area contributed by atoms with Crippen LogP contribution in [0.3, 0.4) is 0 Å². The van der Waals surface area contributed by atoms with Crippen molar-refractivity contribution < 1.29 is 14.7 Å². The zero-order chi connectivity index (χ0) is 13.4. The van der Waals surface area contributed by atoms with Crippen molar-refractivity contribution in [3.8, 4) is 0 Å². The molecule has 98 valence electrons. The number of nitrogens with zero attached hydrogens (tertiary/aromatic N) is 3. The van der Waals surface area contributed by atoms with Gasteiger partial charge in [-0.1, -0.05) is 6.07 Å². The van der Waals surface area contributed by atoms with Crippen LogP contribution in [0.1, 0.15) is 23.3 Å². The molecule has 0 spiro atoms. The third kappa shape index (κ3) is 1.95. The Bertz CT molecular complexity index is 616. The first-order valence-electron chi connectivity index (χ1n) is 6.14. The van der Waals surface area contributed by atoms with E-state index in [4.69, 9.17) is 5.11 Å². The molecule has 1 aliphatic heterocycles. The van der Waals surface area contributed by atoms with Crippen LogP contribution in [0.4, 0.5) is 0 Å². The lowest BCUT2D eigenvalue weighted by molar-refractivity contribution is -0.141. The van der Waals surface area contributed by atoms with Crippen LogP contribution in [-0.2, 0) is 4.79 Å². The zero-order valence-electron chi connectivity index (χ0n) is 10.2. The summed E-state index contributed by atoms with van der Waals surface area (Å²) in [6, 6.07) is 4.76. The summed E-state index contributed by atoms with van der Waals surface area (Å²) in [5.41, 5.74) is 0.969. The maximum Gasteiger partial charge on any atom is 0.326 e. The highest BCUT2D eigenvalue weighted by molar-refractivity contribution is 5.95. The summed E-state index contributed by atoms with van der Waals surface area (Å²) in [4.78, 5) is 29.0. The Morgan fingerprint density at radius 1 is 1.37 bits per heavy atom. The van der Waals surface area contributed by atoms with Gasteiger partial charge in [-0.15, -0.1) is 0 Å². The predicted molar refractivity (Wildman–Crippen MR) is 66.9 cm³/mol. The topological polar surface area (TPSA) is 74.9 Å². The smallest absolute Gasteiger partial charge is 0.326 e. The van der Waals surface area contributed by atoms with E-state index >= 15 is 0 Å². The Kier molecular flexibility index (Phi) is 2.70. The third-order valence-corrected chi connectivity index (χ3v) is 3.38. The minimum atomic E-state index is -0.949. The predicted octanol–water partition coefficient (Wildman–Crippen LogP) is 1.02. The summed E-state index contributed by atoms with van der Waals surface area (Å²) in [7, 11) is 0. The van der Waals surface area contributed by atoms with Gasteiger partial charge in [-0.3, -0.25) is 4.79 Å². The minimum absolute atomic E-state index is 0.291. The van der Waals surface area contributed by atoms with Crippen molar-refractivity contribution in [2.24, 2.45) is 0 Å². The molecule has 0 saturated carbocycles. The molecule has 6 nitrogen and oxygen atoms in total. The van der Waals surface area contributed by atoms with Crippen LogP contribution in [0.15, 0.2) is 30.6 Å². The van der Waals surface area contributed by atoms with Gasteiger partial charge >= 0.3 is 5.97 Å². The maximum atomic E-state index is 12.3. The third-order valence-electron chi connectivity index (χ3n) is 3.38. The van der Waals surface area contributed by atoms with E-state index in [0.29, 0.717) is 24.3 Å². The number of carbonyl (C=O) groups is 2. The molecule has 6 heteroatoms. The molecule has 1 amide bonds. The fraction of sp³-hybridized carbons (Fsp3) is 0.308. The van der Waals surface area contributed by atoms with Gasteiger partial charge in [0.1, 0.15) is 17.4 Å². The van der Waals surface area contributed by atoms with E-state index in [-0.39, 0.29) is 5.91 Å². The van der Waals surface area contributed by atoms with E-state index in [1.807, 2.05) is 12.1 Å². The van der Waals surface area contributed by atoms with Crippen molar-refractivity contribution in [1.82, 2.24) is 14.3 Å². The van der Waals surface area contributed by atoms with Gasteiger partial charge in [0.15, 0.2) is 0 Å². The van der Waals surface area contributed by atoms with Gasteiger partial charge in [-0.2, -0.15) is 0 Å². The average Bonchev–Trinajstić information content (AvgIpc) is 3.04. The summed E-state index contributed by atoms with van der Waals surface area (Å²) < 4.78 is 1.75. The number of likely N-dealkylation sites (tertiary alicyclic amines) is 1. The minimum Gasteiger partial charge on any atom is -0.480 e. The van der Waals surface area contributed by atoms with Gasteiger partial charge in [0, 0.05) is 18.9 Å². The number of imidazole rings is 1. The molecule has 0 aromatic carbocycles. The monoisotopic (exact) mass is 259 g/mol. The van der Waals surface area contributed by atoms with Crippen LogP contribution in [0.5, 0.6) is 0 Å². The second-order valence-electron chi connectivity index (χ2n) is 4.59. The fourth-order valence-electron chi connectivity index (χ4n) is 2.45.